The third-order valence-electron chi connectivity index (χ3n) is 6.02. The van der Waals surface area contributed by atoms with E-state index in [2.05, 4.69) is 43.0 Å². The maximum Gasteiger partial charge on any atom is 0.270 e. The zero-order valence-corrected chi connectivity index (χ0v) is 16.2. The number of nitro benzene ring substituents is 1. The monoisotopic (exact) mass is 384 g/mol. The van der Waals surface area contributed by atoms with Crippen LogP contribution in [0.1, 0.15) is 25.0 Å². The molecule has 3 aromatic carbocycles. The fourth-order valence-corrected chi connectivity index (χ4v) is 4.49. The van der Waals surface area contributed by atoms with E-state index in [0.29, 0.717) is 11.3 Å². The van der Waals surface area contributed by atoms with Crippen LogP contribution in [0.4, 0.5) is 17.1 Å². The Labute approximate surface area is 169 Å². The van der Waals surface area contributed by atoms with Crippen LogP contribution in [-0.4, -0.2) is 10.6 Å². The van der Waals surface area contributed by atoms with Crippen molar-refractivity contribution >= 4 is 23.1 Å². The Balaban J connectivity index is 1.72. The summed E-state index contributed by atoms with van der Waals surface area (Å²) in [4.78, 5) is 13.0. The number of benzene rings is 3. The lowest BCUT2D eigenvalue weighted by atomic mass is 9.76. The molecular weight excluding hydrogens is 364 g/mol. The Morgan fingerprint density at radius 3 is 2.45 bits per heavy atom. The van der Waals surface area contributed by atoms with Gasteiger partial charge in [-0.15, -0.1) is 0 Å². The molecule has 2 aliphatic rings. The summed E-state index contributed by atoms with van der Waals surface area (Å²) in [6.07, 6.45) is 3.97. The molecule has 2 heterocycles. The second-order valence-electron chi connectivity index (χ2n) is 7.92. The van der Waals surface area contributed by atoms with Crippen molar-refractivity contribution in [1.29, 1.82) is 0 Å². The van der Waals surface area contributed by atoms with Crippen LogP contribution in [0.15, 0.2) is 78.9 Å². The first-order valence-electron chi connectivity index (χ1n) is 9.55. The molecule has 0 unspecified atom stereocenters. The third-order valence-corrected chi connectivity index (χ3v) is 6.02. The van der Waals surface area contributed by atoms with Crippen LogP contribution in [0, 0.1) is 10.1 Å². The van der Waals surface area contributed by atoms with E-state index in [-0.39, 0.29) is 16.0 Å². The second kappa shape index (κ2) is 5.95. The fraction of sp³-hybridized carbons (Fsp3) is 0.167. The topological polar surface area (TPSA) is 55.6 Å². The summed E-state index contributed by atoms with van der Waals surface area (Å²) < 4.78 is 6.70. The van der Waals surface area contributed by atoms with Gasteiger partial charge in [0.2, 0.25) is 5.72 Å². The van der Waals surface area contributed by atoms with Gasteiger partial charge in [-0.25, -0.2) is 0 Å². The highest BCUT2D eigenvalue weighted by molar-refractivity contribution is 5.79. The predicted octanol–water partition coefficient (Wildman–Crippen LogP) is 5.83. The largest absolute Gasteiger partial charge is 0.462 e. The van der Waals surface area contributed by atoms with Gasteiger partial charge in [0.15, 0.2) is 0 Å². The number of para-hydroxylation sites is 2. The van der Waals surface area contributed by atoms with E-state index in [1.54, 1.807) is 12.1 Å². The summed E-state index contributed by atoms with van der Waals surface area (Å²) in [5.41, 5.74) is 2.93. The molecule has 5 nitrogen and oxygen atoms in total. The summed E-state index contributed by atoms with van der Waals surface area (Å²) in [6, 6.07) is 23.3. The van der Waals surface area contributed by atoms with Crippen molar-refractivity contribution in [2.75, 3.05) is 4.90 Å². The quantitative estimate of drug-likeness (QED) is 0.412. The van der Waals surface area contributed by atoms with E-state index < -0.39 is 5.72 Å². The predicted molar refractivity (Wildman–Crippen MR) is 114 cm³/mol. The summed E-state index contributed by atoms with van der Waals surface area (Å²) in [5.74, 6) is 0.639. The van der Waals surface area contributed by atoms with Crippen LogP contribution in [0.25, 0.3) is 6.08 Å². The number of non-ortho nitro benzene ring substituents is 1. The van der Waals surface area contributed by atoms with Gasteiger partial charge in [-0.2, -0.15) is 0 Å². The van der Waals surface area contributed by atoms with E-state index in [1.165, 1.54) is 11.6 Å². The van der Waals surface area contributed by atoms with E-state index in [0.717, 1.165) is 11.4 Å². The SMILES string of the molecule is CC1(C)c2ccccc2N(c2ccccc2)[C@]12C=Cc1cc([N+](=O)[O-])ccc1O2. The molecule has 0 aliphatic carbocycles. The van der Waals surface area contributed by atoms with Gasteiger partial charge in [0.1, 0.15) is 5.75 Å². The first-order valence-corrected chi connectivity index (χ1v) is 9.55. The number of ether oxygens (including phenoxy) is 1. The molecule has 3 aromatic rings. The van der Waals surface area contributed by atoms with Gasteiger partial charge < -0.3 is 4.74 Å². The van der Waals surface area contributed by atoms with Crippen LogP contribution in [-0.2, 0) is 5.41 Å². The van der Waals surface area contributed by atoms with Crippen molar-refractivity contribution in [2.45, 2.75) is 25.0 Å². The average molecular weight is 384 g/mol. The van der Waals surface area contributed by atoms with Crippen LogP contribution in [0.2, 0.25) is 0 Å². The van der Waals surface area contributed by atoms with Crippen molar-refractivity contribution < 1.29 is 9.66 Å². The number of hydrogen-bond donors (Lipinski definition) is 0. The standard InChI is InChI=1S/C24H20N2O3/c1-23(2)20-10-6-7-11-21(20)25(18-8-4-3-5-9-18)24(23)15-14-17-16-19(26(27)28)12-13-22(17)29-24/h3-16H,1-2H3/t24-/m0/s1. The summed E-state index contributed by atoms with van der Waals surface area (Å²) >= 11 is 0. The molecule has 0 N–H and O–H groups in total. The Hall–Kier alpha value is -3.60. The lowest BCUT2D eigenvalue weighted by molar-refractivity contribution is -0.384. The van der Waals surface area contributed by atoms with Crippen molar-refractivity contribution in [3.8, 4) is 5.75 Å². The van der Waals surface area contributed by atoms with Crippen molar-refractivity contribution in [1.82, 2.24) is 0 Å². The van der Waals surface area contributed by atoms with Crippen molar-refractivity contribution in [3.05, 3.63) is 100 Å². The lowest BCUT2D eigenvalue weighted by Crippen LogP contribution is -2.57. The normalized spacial score (nSPS) is 20.8. The maximum absolute atomic E-state index is 11.2. The Morgan fingerprint density at radius 2 is 1.69 bits per heavy atom. The van der Waals surface area contributed by atoms with Crippen molar-refractivity contribution in [2.24, 2.45) is 0 Å². The van der Waals surface area contributed by atoms with Gasteiger partial charge >= 0.3 is 0 Å². The number of nitro groups is 1. The molecule has 29 heavy (non-hydrogen) atoms. The van der Waals surface area contributed by atoms with E-state index in [4.69, 9.17) is 4.74 Å². The average Bonchev–Trinajstić information content (AvgIpc) is 2.92. The van der Waals surface area contributed by atoms with Gasteiger partial charge in [-0.3, -0.25) is 15.0 Å². The Bertz CT molecular complexity index is 1150. The van der Waals surface area contributed by atoms with Gasteiger partial charge in [0.05, 0.1) is 10.3 Å². The van der Waals surface area contributed by atoms with Crippen LogP contribution in [0.5, 0.6) is 5.75 Å². The zero-order chi connectivity index (χ0) is 20.2. The van der Waals surface area contributed by atoms with Gasteiger partial charge in [0.25, 0.3) is 5.69 Å². The molecule has 0 bridgehead atoms. The number of anilines is 2. The van der Waals surface area contributed by atoms with E-state index >= 15 is 0 Å². The number of nitrogens with zero attached hydrogens (tertiary/aromatic N) is 2. The number of fused-ring (bicyclic) bond motifs is 2. The Morgan fingerprint density at radius 1 is 0.966 bits per heavy atom. The first-order chi connectivity index (χ1) is 13.9. The van der Waals surface area contributed by atoms with Crippen LogP contribution in [0.3, 0.4) is 0 Å². The highest BCUT2D eigenvalue weighted by Gasteiger charge is 2.59. The van der Waals surface area contributed by atoms with E-state index in [1.807, 2.05) is 42.5 Å². The summed E-state index contributed by atoms with van der Waals surface area (Å²) in [5, 5.41) is 11.2. The van der Waals surface area contributed by atoms with Crippen LogP contribution < -0.4 is 9.64 Å². The van der Waals surface area contributed by atoms with Crippen molar-refractivity contribution in [3.63, 3.8) is 0 Å². The molecule has 0 saturated carbocycles. The van der Waals surface area contributed by atoms with Gasteiger partial charge in [-0.1, -0.05) is 36.4 Å². The highest BCUT2D eigenvalue weighted by atomic mass is 16.6. The molecule has 1 atom stereocenters. The molecule has 0 saturated heterocycles. The molecule has 0 fully saturated rings. The van der Waals surface area contributed by atoms with E-state index in [9.17, 15) is 10.1 Å². The lowest BCUT2D eigenvalue weighted by Gasteiger charge is -2.47. The Kier molecular flexibility index (Phi) is 3.59. The molecule has 144 valence electrons. The smallest absolute Gasteiger partial charge is 0.270 e. The zero-order valence-electron chi connectivity index (χ0n) is 16.2. The van der Waals surface area contributed by atoms with Gasteiger partial charge in [0, 0.05) is 29.1 Å². The molecule has 0 aromatic heterocycles. The van der Waals surface area contributed by atoms with Gasteiger partial charge in [-0.05, 0) is 55.8 Å². The molecule has 1 spiro atoms. The molecule has 0 radical (unpaired) electrons. The van der Waals surface area contributed by atoms with Crippen LogP contribution >= 0.6 is 0 Å². The summed E-state index contributed by atoms with van der Waals surface area (Å²) in [6.45, 7) is 4.35. The molecule has 5 heteroatoms. The third kappa shape index (κ3) is 2.34. The second-order valence-corrected chi connectivity index (χ2v) is 7.92. The minimum atomic E-state index is -0.791. The highest BCUT2D eigenvalue weighted by Crippen LogP contribution is 2.57. The maximum atomic E-state index is 11.2. The minimum Gasteiger partial charge on any atom is -0.462 e. The minimum absolute atomic E-state index is 0.0573. The molecular formula is C24H20N2O3. The molecule has 5 rings (SSSR count). The fourth-order valence-electron chi connectivity index (χ4n) is 4.49. The first kappa shape index (κ1) is 17.5. The molecule has 0 amide bonds. The number of rotatable bonds is 2. The molecule has 2 aliphatic heterocycles. The summed E-state index contributed by atoms with van der Waals surface area (Å²) in [7, 11) is 0. The number of hydrogen-bond acceptors (Lipinski definition) is 4.